The number of primary amides is 1. The maximum atomic E-state index is 13.8. The van der Waals surface area contributed by atoms with Crippen molar-refractivity contribution in [3.63, 3.8) is 0 Å². The van der Waals surface area contributed by atoms with Gasteiger partial charge in [0.25, 0.3) is 5.91 Å². The van der Waals surface area contributed by atoms with Crippen molar-refractivity contribution in [3.05, 3.63) is 69.9 Å². The number of benzene rings is 2. The average molecular weight is 376 g/mol. The number of nitrogens with zero attached hydrogens (tertiary/aromatic N) is 1. The van der Waals surface area contributed by atoms with Crippen LogP contribution in [0.1, 0.15) is 20.0 Å². The zero-order valence-corrected chi connectivity index (χ0v) is 14.2. The van der Waals surface area contributed by atoms with Gasteiger partial charge < -0.3 is 11.1 Å². The van der Waals surface area contributed by atoms with E-state index in [4.69, 9.17) is 17.3 Å². The van der Waals surface area contributed by atoms with Gasteiger partial charge in [-0.3, -0.25) is 9.59 Å². The molecule has 8 heteroatoms. The highest BCUT2D eigenvalue weighted by atomic mass is 35.5. The molecule has 0 unspecified atom stereocenters. The van der Waals surface area contributed by atoms with Crippen LogP contribution in [0.4, 0.5) is 10.1 Å². The predicted molar refractivity (Wildman–Crippen MR) is 95.4 cm³/mol. The van der Waals surface area contributed by atoms with Gasteiger partial charge in [-0.05, 0) is 30.3 Å². The van der Waals surface area contributed by atoms with E-state index in [0.717, 1.165) is 11.3 Å². The quantitative estimate of drug-likeness (QED) is 0.723. The summed E-state index contributed by atoms with van der Waals surface area (Å²) in [6.07, 6.45) is 1.35. The molecule has 5 nitrogen and oxygen atoms in total. The Morgan fingerprint density at radius 3 is 2.68 bits per heavy atom. The van der Waals surface area contributed by atoms with Crippen molar-refractivity contribution in [2.24, 2.45) is 5.73 Å². The van der Waals surface area contributed by atoms with E-state index in [-0.39, 0.29) is 21.2 Å². The van der Waals surface area contributed by atoms with Crippen LogP contribution in [0.15, 0.2) is 48.7 Å². The fourth-order valence-electron chi connectivity index (χ4n) is 2.10. The number of carbonyl (C=O) groups excluding carboxylic acids is 2. The molecule has 2 amide bonds. The summed E-state index contributed by atoms with van der Waals surface area (Å²) < 4.78 is 13.8. The van der Waals surface area contributed by atoms with E-state index in [1.54, 1.807) is 18.2 Å². The monoisotopic (exact) mass is 375 g/mol. The lowest BCUT2D eigenvalue weighted by Crippen LogP contribution is -2.14. The molecule has 0 aliphatic rings. The van der Waals surface area contributed by atoms with Crippen molar-refractivity contribution in [3.8, 4) is 10.6 Å². The lowest BCUT2D eigenvalue weighted by molar-refractivity contribution is 0.0996. The first-order valence-corrected chi connectivity index (χ1v) is 8.26. The van der Waals surface area contributed by atoms with Crippen LogP contribution in [0.5, 0.6) is 0 Å². The number of nitrogens with two attached hydrogens (primary N) is 1. The Bertz CT molecular complexity index is 974. The molecule has 3 rings (SSSR count). The van der Waals surface area contributed by atoms with Gasteiger partial charge in [-0.15, -0.1) is 11.3 Å². The third-order valence-corrected chi connectivity index (χ3v) is 4.69. The molecule has 0 saturated heterocycles. The summed E-state index contributed by atoms with van der Waals surface area (Å²) in [5, 5.41) is 3.25. The highest BCUT2D eigenvalue weighted by Crippen LogP contribution is 2.29. The Balaban J connectivity index is 1.85. The van der Waals surface area contributed by atoms with Crippen LogP contribution in [0.2, 0.25) is 5.02 Å². The fourth-order valence-corrected chi connectivity index (χ4v) is 3.10. The van der Waals surface area contributed by atoms with E-state index in [0.29, 0.717) is 10.6 Å². The summed E-state index contributed by atoms with van der Waals surface area (Å²) in [4.78, 5) is 28.0. The second-order valence-electron chi connectivity index (χ2n) is 5.02. The molecule has 0 atom stereocenters. The largest absolute Gasteiger partial charge is 0.366 e. The minimum absolute atomic E-state index is 0.219. The van der Waals surface area contributed by atoms with Crippen LogP contribution < -0.4 is 11.1 Å². The van der Waals surface area contributed by atoms with Gasteiger partial charge in [0.2, 0.25) is 5.91 Å². The topological polar surface area (TPSA) is 85.1 Å². The van der Waals surface area contributed by atoms with Gasteiger partial charge in [-0.25, -0.2) is 9.37 Å². The molecule has 0 radical (unpaired) electrons. The van der Waals surface area contributed by atoms with Crippen LogP contribution in [0.3, 0.4) is 0 Å². The first kappa shape index (κ1) is 17.1. The zero-order valence-electron chi connectivity index (χ0n) is 12.6. The molecular weight excluding hydrogens is 365 g/mol. The summed E-state index contributed by atoms with van der Waals surface area (Å²) in [7, 11) is 0. The van der Waals surface area contributed by atoms with Crippen LogP contribution in [0, 0.1) is 5.82 Å². The molecule has 3 N–H and O–H groups in total. The smallest absolute Gasteiger partial charge is 0.267 e. The second kappa shape index (κ2) is 7.00. The Morgan fingerprint density at radius 1 is 1.20 bits per heavy atom. The average Bonchev–Trinajstić information content (AvgIpc) is 3.07. The molecule has 0 aliphatic carbocycles. The summed E-state index contributed by atoms with van der Waals surface area (Å²) in [6, 6.07) is 10.5. The molecule has 1 heterocycles. The maximum absolute atomic E-state index is 13.8. The minimum atomic E-state index is -0.633. The number of hydrogen-bond donors (Lipinski definition) is 2. The maximum Gasteiger partial charge on any atom is 0.267 e. The minimum Gasteiger partial charge on any atom is -0.366 e. The van der Waals surface area contributed by atoms with Crippen LogP contribution in [-0.4, -0.2) is 16.8 Å². The normalized spacial score (nSPS) is 10.5. The molecule has 0 aliphatic heterocycles. The standard InChI is InChI=1S/C17H11ClFN3O2S/c18-11-6-5-9(15(20)23)7-13(11)22-16(24)14-8-21-17(25-14)10-3-1-2-4-12(10)19/h1-8H,(H2,20,23)(H,22,24). The molecule has 25 heavy (non-hydrogen) atoms. The third-order valence-electron chi connectivity index (χ3n) is 3.33. The Kier molecular flexibility index (Phi) is 4.78. The Hall–Kier alpha value is -2.77. The van der Waals surface area contributed by atoms with E-state index < -0.39 is 17.6 Å². The van der Waals surface area contributed by atoms with E-state index in [2.05, 4.69) is 10.3 Å². The SMILES string of the molecule is NC(=O)c1ccc(Cl)c(NC(=O)c2cnc(-c3ccccc3F)s2)c1. The zero-order chi connectivity index (χ0) is 18.0. The highest BCUT2D eigenvalue weighted by molar-refractivity contribution is 7.17. The molecule has 3 aromatic rings. The molecule has 0 bridgehead atoms. The predicted octanol–water partition coefficient (Wildman–Crippen LogP) is 3.95. The van der Waals surface area contributed by atoms with Crippen LogP contribution >= 0.6 is 22.9 Å². The van der Waals surface area contributed by atoms with Crippen molar-refractivity contribution in [1.29, 1.82) is 0 Å². The first-order chi connectivity index (χ1) is 12.0. The molecular formula is C17H11ClFN3O2S. The summed E-state index contributed by atoms with van der Waals surface area (Å²) >= 11 is 7.07. The lowest BCUT2D eigenvalue weighted by Gasteiger charge is -2.07. The number of halogens is 2. The van der Waals surface area contributed by atoms with Gasteiger partial charge >= 0.3 is 0 Å². The van der Waals surface area contributed by atoms with Crippen LogP contribution in [0.25, 0.3) is 10.6 Å². The van der Waals surface area contributed by atoms with Gasteiger partial charge in [0.05, 0.1) is 16.9 Å². The number of hydrogen-bond acceptors (Lipinski definition) is 4. The number of anilines is 1. The van der Waals surface area contributed by atoms with Gasteiger partial charge in [-0.2, -0.15) is 0 Å². The molecule has 126 valence electrons. The lowest BCUT2D eigenvalue weighted by atomic mass is 10.2. The van der Waals surface area contributed by atoms with E-state index in [1.807, 2.05) is 0 Å². The number of carbonyl (C=O) groups is 2. The fraction of sp³-hybridized carbons (Fsp3) is 0. The third kappa shape index (κ3) is 3.67. The summed E-state index contributed by atoms with van der Waals surface area (Å²) in [5.41, 5.74) is 6.01. The van der Waals surface area contributed by atoms with E-state index >= 15 is 0 Å². The number of nitrogens with one attached hydrogen (secondary N) is 1. The van der Waals surface area contributed by atoms with Gasteiger partial charge in [0, 0.05) is 11.1 Å². The number of aromatic nitrogens is 1. The van der Waals surface area contributed by atoms with Crippen molar-refractivity contribution in [2.45, 2.75) is 0 Å². The van der Waals surface area contributed by atoms with Crippen molar-refractivity contribution in [2.75, 3.05) is 5.32 Å². The van der Waals surface area contributed by atoms with Gasteiger partial charge in [0.1, 0.15) is 15.7 Å². The van der Waals surface area contributed by atoms with E-state index in [9.17, 15) is 14.0 Å². The van der Waals surface area contributed by atoms with Gasteiger partial charge in [0.15, 0.2) is 0 Å². The highest BCUT2D eigenvalue weighted by Gasteiger charge is 2.16. The number of rotatable bonds is 4. The molecule has 0 fully saturated rings. The number of thiazole rings is 1. The van der Waals surface area contributed by atoms with Crippen molar-refractivity contribution >= 4 is 40.4 Å². The molecule has 0 saturated carbocycles. The molecule has 2 aromatic carbocycles. The molecule has 0 spiro atoms. The summed E-state index contributed by atoms with van der Waals surface area (Å²) in [6.45, 7) is 0. The van der Waals surface area contributed by atoms with Crippen LogP contribution in [-0.2, 0) is 0 Å². The van der Waals surface area contributed by atoms with E-state index in [1.165, 1.54) is 30.5 Å². The summed E-state index contributed by atoms with van der Waals surface area (Å²) in [5.74, 6) is -1.52. The Morgan fingerprint density at radius 2 is 1.96 bits per heavy atom. The Labute approximate surface area is 151 Å². The van der Waals surface area contributed by atoms with Crippen molar-refractivity contribution < 1.29 is 14.0 Å². The second-order valence-corrected chi connectivity index (χ2v) is 6.46. The molecule has 1 aromatic heterocycles. The first-order valence-electron chi connectivity index (χ1n) is 7.07. The van der Waals surface area contributed by atoms with Gasteiger partial charge in [-0.1, -0.05) is 23.7 Å². The number of amides is 2. The van der Waals surface area contributed by atoms with Crippen molar-refractivity contribution in [1.82, 2.24) is 4.98 Å².